The van der Waals surface area contributed by atoms with Crippen molar-refractivity contribution >= 4 is 17.5 Å². The zero-order valence-corrected chi connectivity index (χ0v) is 12.1. The molecule has 0 radical (unpaired) electrons. The van der Waals surface area contributed by atoms with E-state index in [1.165, 1.54) is 25.1 Å². The summed E-state index contributed by atoms with van der Waals surface area (Å²) in [5.74, 6) is -1.38. The Labute approximate surface area is 124 Å². The van der Waals surface area contributed by atoms with E-state index in [1.807, 2.05) is 0 Å². The molecule has 1 aromatic carbocycles. The van der Waals surface area contributed by atoms with Crippen LogP contribution in [0.25, 0.3) is 0 Å². The van der Waals surface area contributed by atoms with Gasteiger partial charge in [0, 0.05) is 16.6 Å². The van der Waals surface area contributed by atoms with Crippen LogP contribution in [0.1, 0.15) is 25.5 Å². The molecule has 0 fully saturated rings. The maximum atomic E-state index is 13.7. The van der Waals surface area contributed by atoms with E-state index < -0.39 is 36.5 Å². The lowest BCUT2D eigenvalue weighted by Crippen LogP contribution is -2.46. The van der Waals surface area contributed by atoms with Gasteiger partial charge >= 0.3 is 6.18 Å². The minimum Gasteiger partial charge on any atom is -0.346 e. The Morgan fingerprint density at radius 3 is 2.48 bits per heavy atom. The fourth-order valence-electron chi connectivity index (χ4n) is 1.80. The number of rotatable bonds is 5. The molecule has 0 saturated carbocycles. The number of amides is 1. The van der Waals surface area contributed by atoms with Gasteiger partial charge in [-0.25, -0.2) is 4.39 Å². The van der Waals surface area contributed by atoms with Gasteiger partial charge < -0.3 is 5.32 Å². The first-order valence-corrected chi connectivity index (χ1v) is 6.54. The molecule has 1 aromatic rings. The van der Waals surface area contributed by atoms with Gasteiger partial charge in [-0.3, -0.25) is 10.1 Å². The van der Waals surface area contributed by atoms with E-state index in [0.29, 0.717) is 0 Å². The van der Waals surface area contributed by atoms with Crippen molar-refractivity contribution in [1.29, 1.82) is 0 Å². The largest absolute Gasteiger partial charge is 0.405 e. The third-order valence-electron chi connectivity index (χ3n) is 2.79. The van der Waals surface area contributed by atoms with Crippen LogP contribution in [0.4, 0.5) is 17.6 Å². The topological polar surface area (TPSA) is 41.1 Å². The summed E-state index contributed by atoms with van der Waals surface area (Å²) in [6.45, 7) is 1.54. The van der Waals surface area contributed by atoms with Crippen molar-refractivity contribution in [3.8, 4) is 0 Å². The fraction of sp³-hybridized carbons (Fsp3) is 0.462. The highest BCUT2D eigenvalue weighted by atomic mass is 35.5. The predicted octanol–water partition coefficient (Wildman–Crippen LogP) is 3.20. The van der Waals surface area contributed by atoms with Crippen LogP contribution in [-0.2, 0) is 4.79 Å². The molecule has 8 heteroatoms. The van der Waals surface area contributed by atoms with Gasteiger partial charge in [-0.1, -0.05) is 17.7 Å². The predicted molar refractivity (Wildman–Crippen MR) is 71.5 cm³/mol. The molecule has 1 rings (SSSR count). The summed E-state index contributed by atoms with van der Waals surface area (Å²) in [6, 6.07) is 2.58. The molecule has 0 aliphatic carbocycles. The second-order valence-electron chi connectivity index (χ2n) is 4.58. The Balaban J connectivity index is 2.66. The van der Waals surface area contributed by atoms with Crippen molar-refractivity contribution in [2.45, 2.75) is 32.1 Å². The van der Waals surface area contributed by atoms with Gasteiger partial charge in [0.2, 0.25) is 5.91 Å². The summed E-state index contributed by atoms with van der Waals surface area (Å²) in [5, 5.41) is 4.64. The normalized spacial score (nSPS) is 14.6. The second kappa shape index (κ2) is 7.09. The maximum Gasteiger partial charge on any atom is 0.405 e. The first kappa shape index (κ1) is 17.7. The van der Waals surface area contributed by atoms with Crippen molar-refractivity contribution < 1.29 is 22.4 Å². The molecule has 0 aliphatic heterocycles. The number of benzene rings is 1. The molecule has 0 saturated heterocycles. The maximum absolute atomic E-state index is 13.7. The fourth-order valence-corrected chi connectivity index (χ4v) is 2.13. The van der Waals surface area contributed by atoms with E-state index in [4.69, 9.17) is 11.6 Å². The molecule has 0 bridgehead atoms. The van der Waals surface area contributed by atoms with Gasteiger partial charge in [0.05, 0.1) is 6.04 Å². The Morgan fingerprint density at radius 1 is 1.33 bits per heavy atom. The Bertz CT molecular complexity index is 487. The van der Waals surface area contributed by atoms with Crippen LogP contribution in [0, 0.1) is 5.82 Å². The number of hydrogen-bond acceptors (Lipinski definition) is 2. The first-order chi connectivity index (χ1) is 9.61. The summed E-state index contributed by atoms with van der Waals surface area (Å²) in [5.41, 5.74) is 0.162. The smallest absolute Gasteiger partial charge is 0.346 e. The first-order valence-electron chi connectivity index (χ1n) is 6.16. The highest BCUT2D eigenvalue weighted by Gasteiger charge is 2.29. The van der Waals surface area contributed by atoms with E-state index in [-0.39, 0.29) is 10.6 Å². The standard InChI is InChI=1S/C13H15ClF4N2O/c1-7(11-9(14)4-3-5-10(11)15)20-8(2)12(21)19-6-13(16,17)18/h3-5,7-8,20H,6H2,1-2H3,(H,19,21)/t7-,8-/m1/s1. The Hall–Kier alpha value is -1.34. The Kier molecular flexibility index (Phi) is 5.98. The van der Waals surface area contributed by atoms with Crippen LogP contribution >= 0.6 is 11.6 Å². The minimum absolute atomic E-state index is 0.162. The van der Waals surface area contributed by atoms with E-state index in [1.54, 1.807) is 12.2 Å². The van der Waals surface area contributed by atoms with E-state index in [9.17, 15) is 22.4 Å². The summed E-state index contributed by atoms with van der Waals surface area (Å²) in [4.78, 5) is 11.5. The van der Waals surface area contributed by atoms with Gasteiger partial charge in [-0.05, 0) is 26.0 Å². The van der Waals surface area contributed by atoms with Gasteiger partial charge in [0.25, 0.3) is 0 Å². The molecule has 21 heavy (non-hydrogen) atoms. The van der Waals surface area contributed by atoms with Crippen LogP contribution in [0.2, 0.25) is 5.02 Å². The third-order valence-corrected chi connectivity index (χ3v) is 3.12. The lowest BCUT2D eigenvalue weighted by molar-refractivity contribution is -0.139. The van der Waals surface area contributed by atoms with Gasteiger partial charge in [0.1, 0.15) is 12.4 Å². The average molecular weight is 327 g/mol. The van der Waals surface area contributed by atoms with Gasteiger partial charge in [-0.15, -0.1) is 0 Å². The molecule has 0 unspecified atom stereocenters. The molecule has 2 atom stereocenters. The molecule has 2 N–H and O–H groups in total. The van der Waals surface area contributed by atoms with Gasteiger partial charge in [0.15, 0.2) is 0 Å². The lowest BCUT2D eigenvalue weighted by Gasteiger charge is -2.21. The molecule has 0 spiro atoms. The number of alkyl halides is 3. The zero-order chi connectivity index (χ0) is 16.2. The van der Waals surface area contributed by atoms with Gasteiger partial charge in [-0.2, -0.15) is 13.2 Å². The molecule has 0 aromatic heterocycles. The quantitative estimate of drug-likeness (QED) is 0.816. The molecule has 1 amide bonds. The average Bonchev–Trinajstić information content (AvgIpc) is 2.34. The van der Waals surface area contributed by atoms with Crippen LogP contribution < -0.4 is 10.6 Å². The summed E-state index contributed by atoms with van der Waals surface area (Å²) in [7, 11) is 0. The monoisotopic (exact) mass is 326 g/mol. The molecule has 118 valence electrons. The van der Waals surface area contributed by atoms with Crippen molar-refractivity contribution in [2.24, 2.45) is 0 Å². The molecular weight excluding hydrogens is 312 g/mol. The van der Waals surface area contributed by atoms with E-state index in [2.05, 4.69) is 5.32 Å². The van der Waals surface area contributed by atoms with Crippen molar-refractivity contribution in [1.82, 2.24) is 10.6 Å². The summed E-state index contributed by atoms with van der Waals surface area (Å²) >= 11 is 5.88. The highest BCUT2D eigenvalue weighted by Crippen LogP contribution is 2.25. The van der Waals surface area contributed by atoms with E-state index in [0.717, 1.165) is 0 Å². The van der Waals surface area contributed by atoms with Crippen molar-refractivity contribution in [3.05, 3.63) is 34.6 Å². The van der Waals surface area contributed by atoms with Crippen LogP contribution in [0.15, 0.2) is 18.2 Å². The number of nitrogens with one attached hydrogen (secondary N) is 2. The van der Waals surface area contributed by atoms with Crippen LogP contribution in [-0.4, -0.2) is 24.7 Å². The highest BCUT2D eigenvalue weighted by molar-refractivity contribution is 6.31. The van der Waals surface area contributed by atoms with Crippen LogP contribution in [0.5, 0.6) is 0 Å². The summed E-state index contributed by atoms with van der Waals surface area (Å²) in [6.07, 6.45) is -4.48. The number of carbonyl (C=O) groups excluding carboxylic acids is 1. The number of hydrogen-bond donors (Lipinski definition) is 2. The molecular formula is C13H15ClF4N2O. The zero-order valence-electron chi connectivity index (χ0n) is 11.4. The molecule has 3 nitrogen and oxygen atoms in total. The molecule has 0 aliphatic rings. The van der Waals surface area contributed by atoms with Crippen LogP contribution in [0.3, 0.4) is 0 Å². The minimum atomic E-state index is -4.48. The van der Waals surface area contributed by atoms with Crippen molar-refractivity contribution in [3.63, 3.8) is 0 Å². The third kappa shape index (κ3) is 5.51. The SMILES string of the molecule is C[C@@H](N[C@H](C)c1c(F)cccc1Cl)C(=O)NCC(F)(F)F. The molecule has 0 heterocycles. The van der Waals surface area contributed by atoms with E-state index >= 15 is 0 Å². The summed E-state index contributed by atoms with van der Waals surface area (Å²) < 4.78 is 49.7. The van der Waals surface area contributed by atoms with Crippen molar-refractivity contribution in [2.75, 3.05) is 6.54 Å². The Morgan fingerprint density at radius 2 is 1.95 bits per heavy atom. The number of halogens is 5. The lowest BCUT2D eigenvalue weighted by atomic mass is 10.1. The second-order valence-corrected chi connectivity index (χ2v) is 4.99. The number of carbonyl (C=O) groups is 1.